The van der Waals surface area contributed by atoms with Crippen molar-refractivity contribution in [2.75, 3.05) is 0 Å². The number of benzene rings is 2. The van der Waals surface area contributed by atoms with Crippen LogP contribution in [0, 0.1) is 10.1 Å². The summed E-state index contributed by atoms with van der Waals surface area (Å²) in [6.45, 7) is 0. The SMILES string of the molecule is O=C(/C=C/N=Nc1ccc(O)cc1)Oc1ccc(Cl)cc1[N+](=O)[O-]. The molecule has 0 spiro atoms. The molecule has 0 saturated heterocycles. The number of phenolic OH excluding ortho intramolecular Hbond substituents is 1. The zero-order valence-electron chi connectivity index (χ0n) is 12.0. The van der Waals surface area contributed by atoms with Crippen LogP contribution in [-0.2, 0) is 4.79 Å². The summed E-state index contributed by atoms with van der Waals surface area (Å²) in [5.41, 5.74) is 0.0501. The Morgan fingerprint density at radius 3 is 2.62 bits per heavy atom. The Bertz CT molecular complexity index is 818. The van der Waals surface area contributed by atoms with Gasteiger partial charge in [-0.15, -0.1) is 0 Å². The van der Waals surface area contributed by atoms with Crippen LogP contribution in [0.2, 0.25) is 5.02 Å². The summed E-state index contributed by atoms with van der Waals surface area (Å²) in [5, 5.41) is 27.6. The number of aromatic hydroxyl groups is 1. The number of phenols is 1. The fourth-order valence-electron chi connectivity index (χ4n) is 1.58. The summed E-state index contributed by atoms with van der Waals surface area (Å²) in [4.78, 5) is 21.8. The minimum Gasteiger partial charge on any atom is -0.508 e. The maximum absolute atomic E-state index is 11.6. The monoisotopic (exact) mass is 347 g/mol. The number of halogens is 1. The van der Waals surface area contributed by atoms with E-state index in [1.54, 1.807) is 0 Å². The van der Waals surface area contributed by atoms with E-state index in [0.717, 1.165) is 18.3 Å². The number of hydrogen-bond acceptors (Lipinski definition) is 7. The number of nitrogens with zero attached hydrogens (tertiary/aromatic N) is 3. The van der Waals surface area contributed by atoms with Gasteiger partial charge in [0.05, 0.1) is 16.8 Å². The minimum absolute atomic E-state index is 0.0950. The highest BCUT2D eigenvalue weighted by molar-refractivity contribution is 6.30. The molecule has 0 amide bonds. The van der Waals surface area contributed by atoms with Crippen LogP contribution in [-0.4, -0.2) is 16.0 Å². The van der Waals surface area contributed by atoms with Crippen molar-refractivity contribution in [2.24, 2.45) is 10.2 Å². The molecule has 0 aliphatic rings. The van der Waals surface area contributed by atoms with Crippen molar-refractivity contribution in [1.29, 1.82) is 0 Å². The molecule has 0 aliphatic carbocycles. The number of hydrogen-bond donors (Lipinski definition) is 1. The highest BCUT2D eigenvalue weighted by Crippen LogP contribution is 2.30. The van der Waals surface area contributed by atoms with Gasteiger partial charge in [0.1, 0.15) is 5.75 Å². The molecule has 0 fully saturated rings. The van der Waals surface area contributed by atoms with E-state index < -0.39 is 16.6 Å². The lowest BCUT2D eigenvalue weighted by atomic mass is 10.3. The fraction of sp³-hybridized carbons (Fsp3) is 0. The molecule has 122 valence electrons. The second-order valence-corrected chi connectivity index (χ2v) is 4.77. The Labute approximate surface area is 140 Å². The molecule has 2 rings (SSSR count). The smallest absolute Gasteiger partial charge is 0.338 e. The molecule has 0 radical (unpaired) electrons. The quantitative estimate of drug-likeness (QED) is 0.218. The van der Waals surface area contributed by atoms with Gasteiger partial charge in [-0.25, -0.2) is 4.79 Å². The number of nitro groups is 1. The third-order valence-corrected chi connectivity index (χ3v) is 2.86. The van der Waals surface area contributed by atoms with Gasteiger partial charge in [-0.3, -0.25) is 10.1 Å². The summed E-state index contributed by atoms with van der Waals surface area (Å²) in [5.74, 6) is -0.989. The number of ether oxygens (including phenoxy) is 1. The topological polar surface area (TPSA) is 114 Å². The molecular formula is C15H10ClN3O5. The Morgan fingerprint density at radius 1 is 1.25 bits per heavy atom. The first-order chi connectivity index (χ1) is 11.5. The first-order valence-electron chi connectivity index (χ1n) is 6.48. The number of carbonyl (C=O) groups excluding carboxylic acids is 1. The van der Waals surface area contributed by atoms with Gasteiger partial charge >= 0.3 is 11.7 Å². The van der Waals surface area contributed by atoms with Gasteiger partial charge in [0.25, 0.3) is 0 Å². The summed E-state index contributed by atoms with van der Waals surface area (Å²) in [6.07, 6.45) is 2.04. The Morgan fingerprint density at radius 2 is 1.96 bits per heavy atom. The highest BCUT2D eigenvalue weighted by Gasteiger charge is 2.17. The normalized spacial score (nSPS) is 11.0. The Hall–Kier alpha value is -3.26. The van der Waals surface area contributed by atoms with Crippen molar-refractivity contribution in [2.45, 2.75) is 0 Å². The average Bonchev–Trinajstić information content (AvgIpc) is 2.55. The average molecular weight is 348 g/mol. The van der Waals surface area contributed by atoms with Crippen LogP contribution in [0.3, 0.4) is 0 Å². The van der Waals surface area contributed by atoms with Crippen LogP contribution < -0.4 is 4.74 Å². The summed E-state index contributed by atoms with van der Waals surface area (Å²) < 4.78 is 4.87. The molecule has 0 atom stereocenters. The number of azo groups is 1. The lowest BCUT2D eigenvalue weighted by Crippen LogP contribution is -2.05. The molecule has 2 aromatic rings. The molecule has 8 nitrogen and oxygen atoms in total. The van der Waals surface area contributed by atoms with Crippen LogP contribution in [0.1, 0.15) is 0 Å². The first kappa shape index (κ1) is 17.1. The highest BCUT2D eigenvalue weighted by atomic mass is 35.5. The lowest BCUT2D eigenvalue weighted by molar-refractivity contribution is -0.385. The lowest BCUT2D eigenvalue weighted by Gasteiger charge is -2.02. The van der Waals surface area contributed by atoms with E-state index in [1.165, 1.54) is 36.4 Å². The zero-order chi connectivity index (χ0) is 17.5. The predicted octanol–water partition coefficient (Wildman–Crippen LogP) is 4.16. The Kier molecular flexibility index (Phi) is 5.58. The number of nitro benzene ring substituents is 1. The van der Waals surface area contributed by atoms with Crippen molar-refractivity contribution in [1.82, 2.24) is 0 Å². The molecule has 24 heavy (non-hydrogen) atoms. The van der Waals surface area contributed by atoms with Gasteiger partial charge < -0.3 is 9.84 Å². The van der Waals surface area contributed by atoms with Crippen LogP contribution in [0.15, 0.2) is 65.0 Å². The maximum Gasteiger partial charge on any atom is 0.338 e. The van der Waals surface area contributed by atoms with Crippen LogP contribution in [0.25, 0.3) is 0 Å². The van der Waals surface area contributed by atoms with E-state index in [1.807, 2.05) is 0 Å². The van der Waals surface area contributed by atoms with Crippen molar-refractivity contribution >= 4 is 28.9 Å². The van der Waals surface area contributed by atoms with Crippen LogP contribution >= 0.6 is 11.6 Å². The van der Waals surface area contributed by atoms with E-state index in [0.29, 0.717) is 5.69 Å². The van der Waals surface area contributed by atoms with E-state index in [2.05, 4.69) is 10.2 Å². The minimum atomic E-state index is -0.856. The molecule has 0 unspecified atom stereocenters. The molecular weight excluding hydrogens is 338 g/mol. The van der Waals surface area contributed by atoms with Crippen molar-refractivity contribution < 1.29 is 19.6 Å². The molecule has 9 heteroatoms. The van der Waals surface area contributed by atoms with Crippen LogP contribution in [0.5, 0.6) is 11.5 Å². The molecule has 0 saturated carbocycles. The summed E-state index contributed by atoms with van der Waals surface area (Å²) in [7, 11) is 0. The second-order valence-electron chi connectivity index (χ2n) is 4.34. The van der Waals surface area contributed by atoms with E-state index >= 15 is 0 Å². The van der Waals surface area contributed by atoms with Gasteiger partial charge in [0, 0.05) is 17.2 Å². The maximum atomic E-state index is 11.6. The molecule has 0 heterocycles. The van der Waals surface area contributed by atoms with E-state index in [-0.39, 0.29) is 16.5 Å². The van der Waals surface area contributed by atoms with E-state index in [9.17, 15) is 14.9 Å². The van der Waals surface area contributed by atoms with Gasteiger partial charge in [0.2, 0.25) is 5.75 Å². The third kappa shape index (κ3) is 4.89. The molecule has 2 aromatic carbocycles. The summed E-state index contributed by atoms with van der Waals surface area (Å²) >= 11 is 5.67. The number of carbonyl (C=O) groups is 1. The van der Waals surface area contributed by atoms with Gasteiger partial charge in [0.15, 0.2) is 0 Å². The molecule has 0 bridgehead atoms. The van der Waals surface area contributed by atoms with Gasteiger partial charge in [-0.1, -0.05) is 11.6 Å². The van der Waals surface area contributed by atoms with Crippen molar-refractivity contribution in [3.63, 3.8) is 0 Å². The van der Waals surface area contributed by atoms with Gasteiger partial charge in [-0.2, -0.15) is 10.2 Å². The number of rotatable bonds is 5. The molecule has 1 N–H and O–H groups in total. The van der Waals surface area contributed by atoms with Crippen molar-refractivity contribution in [3.05, 3.63) is 69.9 Å². The zero-order valence-corrected chi connectivity index (χ0v) is 12.8. The van der Waals surface area contributed by atoms with E-state index in [4.69, 9.17) is 21.4 Å². The Balaban J connectivity index is 2.00. The van der Waals surface area contributed by atoms with Gasteiger partial charge in [-0.05, 0) is 36.4 Å². The second kappa shape index (κ2) is 7.84. The number of esters is 1. The van der Waals surface area contributed by atoms with Crippen LogP contribution in [0.4, 0.5) is 11.4 Å². The van der Waals surface area contributed by atoms with Crippen molar-refractivity contribution in [3.8, 4) is 11.5 Å². The first-order valence-corrected chi connectivity index (χ1v) is 6.85. The molecule has 0 aliphatic heterocycles. The largest absolute Gasteiger partial charge is 0.508 e. The summed E-state index contributed by atoms with van der Waals surface area (Å²) in [6, 6.07) is 9.61. The predicted molar refractivity (Wildman–Crippen MR) is 85.5 cm³/mol. The third-order valence-electron chi connectivity index (χ3n) is 2.63. The fourth-order valence-corrected chi connectivity index (χ4v) is 1.74. The standard InChI is InChI=1S/C15H10ClN3O5/c16-10-1-6-14(13(9-10)19(22)23)24-15(21)7-8-17-18-11-2-4-12(20)5-3-11/h1-9,20H/b8-7+,18-17?. The molecule has 0 aromatic heterocycles.